The van der Waals surface area contributed by atoms with Gasteiger partial charge in [0.2, 0.25) is 0 Å². The maximum Gasteiger partial charge on any atom is 0.156 e. The quantitative estimate of drug-likeness (QED) is 0.795. The number of rotatable bonds is 5. The third-order valence-electron chi connectivity index (χ3n) is 3.32. The van der Waals surface area contributed by atoms with Crippen molar-refractivity contribution in [2.75, 3.05) is 6.61 Å². The SMILES string of the molecule is O=C(CCOc1c(Cl)cccc1Cl)C1CCCC1. The standard InChI is InChI=1S/C14H16Cl2O2/c15-11-6-3-7-12(16)14(11)18-9-8-13(17)10-4-1-2-5-10/h3,6-7,10H,1-2,4-5,8-9H2. The summed E-state index contributed by atoms with van der Waals surface area (Å²) in [6, 6.07) is 5.21. The van der Waals surface area contributed by atoms with E-state index in [1.54, 1.807) is 18.2 Å². The van der Waals surface area contributed by atoms with Gasteiger partial charge in [0.25, 0.3) is 0 Å². The summed E-state index contributed by atoms with van der Waals surface area (Å²) in [6.07, 6.45) is 4.85. The van der Waals surface area contributed by atoms with Crippen LogP contribution in [0.4, 0.5) is 0 Å². The summed E-state index contributed by atoms with van der Waals surface area (Å²) in [4.78, 5) is 11.9. The van der Waals surface area contributed by atoms with Gasteiger partial charge in [0.05, 0.1) is 16.7 Å². The first kappa shape index (κ1) is 13.7. The molecule has 18 heavy (non-hydrogen) atoms. The highest BCUT2D eigenvalue weighted by atomic mass is 35.5. The molecule has 0 heterocycles. The minimum absolute atomic E-state index is 0.246. The fourth-order valence-electron chi connectivity index (χ4n) is 2.33. The van der Waals surface area contributed by atoms with Crippen LogP contribution < -0.4 is 4.74 Å². The molecular weight excluding hydrogens is 271 g/mol. The van der Waals surface area contributed by atoms with Crippen LogP contribution in [0.1, 0.15) is 32.1 Å². The maximum atomic E-state index is 11.9. The number of Topliss-reactive ketones (excluding diaryl/α,β-unsaturated/α-hetero) is 1. The van der Waals surface area contributed by atoms with Crippen LogP contribution in [-0.2, 0) is 4.79 Å². The van der Waals surface area contributed by atoms with Crippen LogP contribution in [-0.4, -0.2) is 12.4 Å². The average Bonchev–Trinajstić information content (AvgIpc) is 2.86. The summed E-state index contributed by atoms with van der Waals surface area (Å²) in [5.41, 5.74) is 0. The van der Waals surface area contributed by atoms with Crippen LogP contribution in [0, 0.1) is 5.92 Å². The molecule has 1 saturated carbocycles. The lowest BCUT2D eigenvalue weighted by molar-refractivity contribution is -0.123. The lowest BCUT2D eigenvalue weighted by Gasteiger charge is -2.11. The third-order valence-corrected chi connectivity index (χ3v) is 3.92. The van der Waals surface area contributed by atoms with Crippen molar-refractivity contribution in [3.63, 3.8) is 0 Å². The molecule has 0 atom stereocenters. The zero-order chi connectivity index (χ0) is 13.0. The summed E-state index contributed by atoms with van der Waals surface area (Å²) in [5, 5.41) is 0.964. The lowest BCUT2D eigenvalue weighted by atomic mass is 10.0. The Morgan fingerprint density at radius 2 is 1.83 bits per heavy atom. The monoisotopic (exact) mass is 286 g/mol. The second-order valence-electron chi connectivity index (χ2n) is 4.60. The second kappa shape index (κ2) is 6.44. The predicted octanol–water partition coefficient (Wildman–Crippen LogP) is 4.52. The fourth-order valence-corrected chi connectivity index (χ4v) is 2.83. The summed E-state index contributed by atoms with van der Waals surface area (Å²) in [5.74, 6) is 1.02. The van der Waals surface area contributed by atoms with E-state index >= 15 is 0 Å². The van der Waals surface area contributed by atoms with Crippen LogP contribution in [0.25, 0.3) is 0 Å². The van der Waals surface area contributed by atoms with E-state index in [1.807, 2.05) is 0 Å². The van der Waals surface area contributed by atoms with Gasteiger partial charge in [0, 0.05) is 12.3 Å². The van der Waals surface area contributed by atoms with E-state index in [9.17, 15) is 4.79 Å². The Balaban J connectivity index is 1.83. The van der Waals surface area contributed by atoms with Crippen molar-refractivity contribution >= 4 is 29.0 Å². The van der Waals surface area contributed by atoms with E-state index in [-0.39, 0.29) is 5.92 Å². The van der Waals surface area contributed by atoms with Gasteiger partial charge in [0.1, 0.15) is 5.78 Å². The normalized spacial score (nSPS) is 15.9. The van der Waals surface area contributed by atoms with E-state index in [0.717, 1.165) is 12.8 Å². The highest BCUT2D eigenvalue weighted by molar-refractivity contribution is 6.37. The minimum atomic E-state index is 0.246. The molecule has 0 bridgehead atoms. The Morgan fingerprint density at radius 1 is 1.22 bits per heavy atom. The van der Waals surface area contributed by atoms with Crippen LogP contribution in [0.2, 0.25) is 10.0 Å². The maximum absolute atomic E-state index is 11.9. The van der Waals surface area contributed by atoms with Gasteiger partial charge < -0.3 is 4.74 Å². The molecule has 0 aromatic heterocycles. The highest BCUT2D eigenvalue weighted by Crippen LogP contribution is 2.32. The smallest absolute Gasteiger partial charge is 0.156 e. The number of halogens is 2. The number of ketones is 1. The molecule has 0 saturated heterocycles. The molecule has 0 aliphatic heterocycles. The molecule has 1 fully saturated rings. The number of hydrogen-bond acceptors (Lipinski definition) is 2. The Morgan fingerprint density at radius 3 is 2.44 bits per heavy atom. The molecule has 2 rings (SSSR count). The second-order valence-corrected chi connectivity index (χ2v) is 5.41. The molecule has 0 radical (unpaired) electrons. The Kier molecular flexibility index (Phi) is 4.90. The van der Waals surface area contributed by atoms with E-state index in [1.165, 1.54) is 12.8 Å². The molecule has 1 aliphatic carbocycles. The average molecular weight is 287 g/mol. The predicted molar refractivity (Wildman–Crippen MR) is 73.5 cm³/mol. The molecule has 0 N–H and O–H groups in total. The molecular formula is C14H16Cl2O2. The molecule has 4 heteroatoms. The van der Waals surface area contributed by atoms with Gasteiger partial charge in [-0.1, -0.05) is 42.1 Å². The largest absolute Gasteiger partial charge is 0.490 e. The molecule has 98 valence electrons. The highest BCUT2D eigenvalue weighted by Gasteiger charge is 2.22. The van der Waals surface area contributed by atoms with E-state index < -0.39 is 0 Å². The van der Waals surface area contributed by atoms with Crippen LogP contribution >= 0.6 is 23.2 Å². The van der Waals surface area contributed by atoms with Gasteiger partial charge in [-0.3, -0.25) is 4.79 Å². The topological polar surface area (TPSA) is 26.3 Å². The van der Waals surface area contributed by atoms with Crippen molar-refractivity contribution < 1.29 is 9.53 Å². The Hall–Kier alpha value is -0.730. The Bertz CT molecular complexity index is 406. The molecule has 1 aromatic carbocycles. The van der Waals surface area contributed by atoms with Crippen LogP contribution in [0.15, 0.2) is 18.2 Å². The zero-order valence-electron chi connectivity index (χ0n) is 10.1. The van der Waals surface area contributed by atoms with E-state index in [4.69, 9.17) is 27.9 Å². The molecule has 1 aromatic rings. The summed E-state index contributed by atoms with van der Waals surface area (Å²) < 4.78 is 5.51. The molecule has 0 amide bonds. The van der Waals surface area contributed by atoms with Crippen LogP contribution in [0.3, 0.4) is 0 Å². The number of carbonyl (C=O) groups is 1. The van der Waals surface area contributed by atoms with E-state index in [0.29, 0.717) is 34.6 Å². The number of hydrogen-bond donors (Lipinski definition) is 0. The van der Waals surface area contributed by atoms with Crippen molar-refractivity contribution in [2.24, 2.45) is 5.92 Å². The molecule has 1 aliphatic rings. The van der Waals surface area contributed by atoms with Crippen molar-refractivity contribution in [2.45, 2.75) is 32.1 Å². The molecule has 2 nitrogen and oxygen atoms in total. The van der Waals surface area contributed by atoms with Gasteiger partial charge in [-0.05, 0) is 25.0 Å². The number of para-hydroxylation sites is 1. The van der Waals surface area contributed by atoms with Gasteiger partial charge in [0.15, 0.2) is 5.75 Å². The van der Waals surface area contributed by atoms with Crippen molar-refractivity contribution in [3.05, 3.63) is 28.2 Å². The first-order valence-electron chi connectivity index (χ1n) is 6.28. The zero-order valence-corrected chi connectivity index (χ0v) is 11.6. The van der Waals surface area contributed by atoms with Gasteiger partial charge in [-0.25, -0.2) is 0 Å². The molecule has 0 spiro atoms. The summed E-state index contributed by atoms with van der Waals surface area (Å²) >= 11 is 12.0. The van der Waals surface area contributed by atoms with Crippen molar-refractivity contribution in [1.29, 1.82) is 0 Å². The third kappa shape index (κ3) is 3.39. The number of benzene rings is 1. The van der Waals surface area contributed by atoms with Crippen molar-refractivity contribution in [3.8, 4) is 5.75 Å². The van der Waals surface area contributed by atoms with E-state index in [2.05, 4.69) is 0 Å². The van der Waals surface area contributed by atoms with Crippen LogP contribution in [0.5, 0.6) is 5.75 Å². The van der Waals surface area contributed by atoms with Gasteiger partial charge in [-0.2, -0.15) is 0 Å². The van der Waals surface area contributed by atoms with Crippen molar-refractivity contribution in [1.82, 2.24) is 0 Å². The summed E-state index contributed by atoms with van der Waals surface area (Å²) in [6.45, 7) is 0.346. The number of ether oxygens (including phenoxy) is 1. The molecule has 0 unspecified atom stereocenters. The number of carbonyl (C=O) groups excluding carboxylic acids is 1. The summed E-state index contributed by atoms with van der Waals surface area (Å²) in [7, 11) is 0. The lowest BCUT2D eigenvalue weighted by Crippen LogP contribution is -2.14. The van der Waals surface area contributed by atoms with Gasteiger partial charge >= 0.3 is 0 Å². The van der Waals surface area contributed by atoms with Gasteiger partial charge in [-0.15, -0.1) is 0 Å². The minimum Gasteiger partial charge on any atom is -0.490 e. The first-order valence-corrected chi connectivity index (χ1v) is 7.03. The first-order chi connectivity index (χ1) is 8.68. The Labute approximate surface area is 117 Å². The fraction of sp³-hybridized carbons (Fsp3) is 0.500.